The van der Waals surface area contributed by atoms with Crippen LogP contribution in [0.15, 0.2) is 0 Å². The summed E-state index contributed by atoms with van der Waals surface area (Å²) in [4.78, 5) is 19.0. The number of nitrogen functional groups attached to an aromatic ring is 1. The molecule has 1 aromatic rings. The second-order valence-electron chi connectivity index (χ2n) is 6.11. The maximum atomic E-state index is 12.4. The van der Waals surface area contributed by atoms with Gasteiger partial charge in [-0.05, 0) is 40.0 Å². The molecule has 0 spiro atoms. The molecule has 1 fully saturated rings. The Hall–Kier alpha value is -1.30. The lowest BCUT2D eigenvalue weighted by molar-refractivity contribution is 0.0658. The molecule has 106 valence electrons. The van der Waals surface area contributed by atoms with E-state index >= 15 is 0 Å². The fourth-order valence-corrected chi connectivity index (χ4v) is 3.04. The summed E-state index contributed by atoms with van der Waals surface area (Å²) in [6.45, 7) is 6.14. The van der Waals surface area contributed by atoms with Crippen molar-refractivity contribution in [3.8, 4) is 0 Å². The van der Waals surface area contributed by atoms with Crippen LogP contribution in [0.25, 0.3) is 0 Å². The molecule has 1 aliphatic carbocycles. The van der Waals surface area contributed by atoms with Crippen LogP contribution in [0.5, 0.6) is 0 Å². The van der Waals surface area contributed by atoms with E-state index in [2.05, 4.69) is 10.3 Å². The van der Waals surface area contributed by atoms with Crippen LogP contribution in [-0.4, -0.2) is 34.4 Å². The van der Waals surface area contributed by atoms with Crippen LogP contribution in [0, 0.1) is 0 Å². The fourth-order valence-electron chi connectivity index (χ4n) is 1.96. The molecule has 1 aromatic heterocycles. The van der Waals surface area contributed by atoms with Gasteiger partial charge in [-0.2, -0.15) is 0 Å². The molecule has 0 aliphatic heterocycles. The standard InChI is InChI=1S/C13H22N4OS/c1-13(2,3)16-12-15-10(14)9(19-12)11(18)17(4)8-6-5-7-8/h8H,5-7,14H2,1-4H3,(H,15,16). The average molecular weight is 282 g/mol. The molecular weight excluding hydrogens is 260 g/mol. The summed E-state index contributed by atoms with van der Waals surface area (Å²) < 4.78 is 0. The molecule has 2 rings (SSSR count). The lowest BCUT2D eigenvalue weighted by atomic mass is 9.92. The van der Waals surface area contributed by atoms with Crippen molar-refractivity contribution in [3.05, 3.63) is 4.88 Å². The third kappa shape index (κ3) is 3.18. The normalized spacial score (nSPS) is 16.0. The molecule has 0 atom stereocenters. The number of anilines is 2. The molecule has 3 N–H and O–H groups in total. The van der Waals surface area contributed by atoms with Gasteiger partial charge in [-0.25, -0.2) is 4.98 Å². The molecule has 1 amide bonds. The number of thiazole rings is 1. The molecule has 0 saturated heterocycles. The highest BCUT2D eigenvalue weighted by molar-refractivity contribution is 7.18. The van der Waals surface area contributed by atoms with Crippen LogP contribution in [0.2, 0.25) is 0 Å². The Morgan fingerprint density at radius 3 is 2.58 bits per heavy atom. The minimum atomic E-state index is -0.0928. The predicted molar refractivity (Wildman–Crippen MR) is 79.6 cm³/mol. The Kier molecular flexibility index (Phi) is 3.71. The number of nitrogens with two attached hydrogens (primary N) is 1. The van der Waals surface area contributed by atoms with Crippen molar-refractivity contribution >= 4 is 28.2 Å². The molecule has 1 saturated carbocycles. The smallest absolute Gasteiger partial charge is 0.267 e. The minimum Gasteiger partial charge on any atom is -0.382 e. The number of aromatic nitrogens is 1. The summed E-state index contributed by atoms with van der Waals surface area (Å²) in [6, 6.07) is 0.369. The molecule has 6 heteroatoms. The Morgan fingerprint density at radius 2 is 2.11 bits per heavy atom. The maximum Gasteiger partial charge on any atom is 0.267 e. The van der Waals surface area contributed by atoms with Crippen LogP contribution in [0.4, 0.5) is 10.9 Å². The quantitative estimate of drug-likeness (QED) is 0.894. The molecular formula is C13H22N4OS. The van der Waals surface area contributed by atoms with Crippen molar-refractivity contribution in [3.63, 3.8) is 0 Å². The van der Waals surface area contributed by atoms with Crippen molar-refractivity contribution in [2.45, 2.75) is 51.6 Å². The van der Waals surface area contributed by atoms with E-state index in [1.54, 1.807) is 4.90 Å². The van der Waals surface area contributed by atoms with Gasteiger partial charge < -0.3 is 16.0 Å². The van der Waals surface area contributed by atoms with E-state index < -0.39 is 0 Å². The predicted octanol–water partition coefficient (Wildman–Crippen LogP) is 2.56. The topological polar surface area (TPSA) is 71.2 Å². The zero-order chi connectivity index (χ0) is 14.2. The summed E-state index contributed by atoms with van der Waals surface area (Å²) >= 11 is 1.34. The summed E-state index contributed by atoms with van der Waals surface area (Å²) in [6.07, 6.45) is 3.39. The number of amides is 1. The SMILES string of the molecule is CN(C(=O)c1sc(NC(C)(C)C)nc1N)C1CCC1. The van der Waals surface area contributed by atoms with Gasteiger partial charge in [-0.15, -0.1) is 0 Å². The van der Waals surface area contributed by atoms with Crippen LogP contribution < -0.4 is 11.1 Å². The number of nitrogens with one attached hydrogen (secondary N) is 1. The molecule has 1 aliphatic rings. The van der Waals surface area contributed by atoms with Crippen molar-refractivity contribution < 1.29 is 4.79 Å². The number of rotatable bonds is 3. The van der Waals surface area contributed by atoms with E-state index in [0.29, 0.717) is 21.9 Å². The average Bonchev–Trinajstić information content (AvgIpc) is 2.52. The Labute approximate surface area is 118 Å². The van der Waals surface area contributed by atoms with Crippen LogP contribution in [-0.2, 0) is 0 Å². The van der Waals surface area contributed by atoms with Gasteiger partial charge in [0.25, 0.3) is 5.91 Å². The largest absolute Gasteiger partial charge is 0.382 e. The third-order valence-corrected chi connectivity index (χ3v) is 4.25. The van der Waals surface area contributed by atoms with Crippen molar-refractivity contribution in [2.75, 3.05) is 18.1 Å². The van der Waals surface area contributed by atoms with Gasteiger partial charge in [0.2, 0.25) is 0 Å². The van der Waals surface area contributed by atoms with Gasteiger partial charge in [-0.3, -0.25) is 4.79 Å². The molecule has 0 radical (unpaired) electrons. The zero-order valence-electron chi connectivity index (χ0n) is 12.0. The van der Waals surface area contributed by atoms with Gasteiger partial charge in [-0.1, -0.05) is 11.3 Å². The Morgan fingerprint density at radius 1 is 1.47 bits per heavy atom. The first-order valence-electron chi connectivity index (χ1n) is 6.59. The summed E-state index contributed by atoms with van der Waals surface area (Å²) in [5.74, 6) is 0.314. The Balaban J connectivity index is 2.13. The molecule has 0 unspecified atom stereocenters. The first-order valence-corrected chi connectivity index (χ1v) is 7.41. The van der Waals surface area contributed by atoms with Crippen LogP contribution in [0.1, 0.15) is 49.7 Å². The summed E-state index contributed by atoms with van der Waals surface area (Å²) in [7, 11) is 1.85. The molecule has 1 heterocycles. The minimum absolute atomic E-state index is 0.0124. The second-order valence-corrected chi connectivity index (χ2v) is 7.11. The number of hydrogen-bond donors (Lipinski definition) is 2. The summed E-state index contributed by atoms with van der Waals surface area (Å²) in [5, 5.41) is 3.95. The van der Waals surface area contributed by atoms with E-state index in [0.717, 1.165) is 12.8 Å². The summed E-state index contributed by atoms with van der Waals surface area (Å²) in [5.41, 5.74) is 5.78. The molecule has 0 aromatic carbocycles. The van der Waals surface area contributed by atoms with E-state index in [9.17, 15) is 4.79 Å². The first-order chi connectivity index (χ1) is 8.78. The van der Waals surface area contributed by atoms with Crippen molar-refractivity contribution in [1.82, 2.24) is 9.88 Å². The molecule has 0 bridgehead atoms. The number of carbonyl (C=O) groups excluding carboxylic acids is 1. The lowest BCUT2D eigenvalue weighted by Crippen LogP contribution is -2.41. The third-order valence-electron chi connectivity index (χ3n) is 3.27. The van der Waals surface area contributed by atoms with Gasteiger partial charge >= 0.3 is 0 Å². The number of hydrogen-bond acceptors (Lipinski definition) is 5. The van der Waals surface area contributed by atoms with Crippen LogP contribution in [0.3, 0.4) is 0 Å². The Bertz CT molecular complexity index is 473. The maximum absolute atomic E-state index is 12.4. The van der Waals surface area contributed by atoms with Gasteiger partial charge in [0.1, 0.15) is 10.7 Å². The van der Waals surface area contributed by atoms with Crippen molar-refractivity contribution in [1.29, 1.82) is 0 Å². The highest BCUT2D eigenvalue weighted by Crippen LogP contribution is 2.31. The first kappa shape index (κ1) is 14.1. The van der Waals surface area contributed by atoms with E-state index in [1.165, 1.54) is 17.8 Å². The van der Waals surface area contributed by atoms with E-state index in [4.69, 9.17) is 5.73 Å². The van der Waals surface area contributed by atoms with Gasteiger partial charge in [0.05, 0.1) is 0 Å². The fraction of sp³-hybridized carbons (Fsp3) is 0.692. The molecule has 19 heavy (non-hydrogen) atoms. The molecule has 5 nitrogen and oxygen atoms in total. The highest BCUT2D eigenvalue weighted by atomic mass is 32.1. The van der Waals surface area contributed by atoms with Gasteiger partial charge in [0.15, 0.2) is 5.13 Å². The van der Waals surface area contributed by atoms with Crippen molar-refractivity contribution in [2.24, 2.45) is 0 Å². The van der Waals surface area contributed by atoms with Gasteiger partial charge in [0, 0.05) is 18.6 Å². The monoisotopic (exact) mass is 282 g/mol. The zero-order valence-corrected chi connectivity index (χ0v) is 12.8. The van der Waals surface area contributed by atoms with E-state index in [-0.39, 0.29) is 11.4 Å². The van der Waals surface area contributed by atoms with Crippen LogP contribution >= 0.6 is 11.3 Å². The van der Waals surface area contributed by atoms with E-state index in [1.807, 2.05) is 27.8 Å². The lowest BCUT2D eigenvalue weighted by Gasteiger charge is -2.34. The number of nitrogens with zero attached hydrogens (tertiary/aromatic N) is 2. The number of carbonyl (C=O) groups is 1. The highest BCUT2D eigenvalue weighted by Gasteiger charge is 2.29. The second kappa shape index (κ2) is 5.00.